The van der Waals surface area contributed by atoms with E-state index in [4.69, 9.17) is 10.8 Å². The molecule has 1 amide bonds. The molecule has 2 rings (SSSR count). The molecule has 1 aromatic rings. The van der Waals surface area contributed by atoms with E-state index in [2.05, 4.69) is 0 Å². The van der Waals surface area contributed by atoms with Gasteiger partial charge in [-0.3, -0.25) is 4.79 Å². The van der Waals surface area contributed by atoms with Crippen LogP contribution in [-0.4, -0.2) is 35.1 Å². The van der Waals surface area contributed by atoms with Crippen molar-refractivity contribution in [1.29, 1.82) is 0 Å². The maximum Gasteiger partial charge on any atom is 0.227 e. The van der Waals surface area contributed by atoms with Gasteiger partial charge in [0.2, 0.25) is 5.91 Å². The van der Waals surface area contributed by atoms with Crippen LogP contribution in [0.3, 0.4) is 0 Å². The van der Waals surface area contributed by atoms with E-state index in [0.717, 1.165) is 37.8 Å². The summed E-state index contributed by atoms with van der Waals surface area (Å²) in [4.78, 5) is 14.7. The number of rotatable bonds is 6. The molecule has 1 heterocycles. The molecule has 3 unspecified atom stereocenters. The molecule has 3 N–H and O–H groups in total. The lowest BCUT2D eigenvalue weighted by molar-refractivity contribution is -0.136. The Kier molecular flexibility index (Phi) is 5.76. The summed E-state index contributed by atoms with van der Waals surface area (Å²) in [7, 11) is 0. The van der Waals surface area contributed by atoms with Gasteiger partial charge >= 0.3 is 0 Å². The first kappa shape index (κ1) is 16.0. The number of likely N-dealkylation sites (tertiary alicyclic amines) is 1. The number of nitrogens with zero attached hydrogens (tertiary/aromatic N) is 1. The second-order valence-corrected chi connectivity index (χ2v) is 5.92. The predicted octanol–water partition coefficient (Wildman–Crippen LogP) is 2.09. The SMILES string of the molecule is CC(C(=O)N1CCCC1CCCO)C(N)c1ccccc1. The third-order valence-electron chi connectivity index (χ3n) is 4.47. The maximum atomic E-state index is 12.7. The van der Waals surface area contributed by atoms with Crippen molar-refractivity contribution in [3.05, 3.63) is 35.9 Å². The van der Waals surface area contributed by atoms with Gasteiger partial charge in [0.25, 0.3) is 0 Å². The van der Waals surface area contributed by atoms with Gasteiger partial charge in [-0.1, -0.05) is 37.3 Å². The van der Waals surface area contributed by atoms with Gasteiger partial charge in [0.05, 0.1) is 5.92 Å². The molecule has 1 aromatic carbocycles. The summed E-state index contributed by atoms with van der Waals surface area (Å²) in [5.41, 5.74) is 7.27. The Morgan fingerprint density at radius 1 is 1.43 bits per heavy atom. The summed E-state index contributed by atoms with van der Waals surface area (Å²) in [6.45, 7) is 2.93. The average Bonchev–Trinajstić information content (AvgIpc) is 3.00. The minimum atomic E-state index is -0.266. The normalized spacial score (nSPS) is 21.3. The highest BCUT2D eigenvalue weighted by molar-refractivity contribution is 5.80. The molecule has 0 spiro atoms. The van der Waals surface area contributed by atoms with E-state index >= 15 is 0 Å². The van der Waals surface area contributed by atoms with Gasteiger partial charge in [0.1, 0.15) is 0 Å². The van der Waals surface area contributed by atoms with E-state index in [1.54, 1.807) is 0 Å². The smallest absolute Gasteiger partial charge is 0.227 e. The number of aliphatic hydroxyl groups excluding tert-OH is 1. The molecule has 1 fully saturated rings. The zero-order valence-electron chi connectivity index (χ0n) is 12.7. The van der Waals surface area contributed by atoms with Crippen LogP contribution in [0.25, 0.3) is 0 Å². The minimum Gasteiger partial charge on any atom is -0.396 e. The molecule has 1 aliphatic rings. The van der Waals surface area contributed by atoms with Crippen molar-refractivity contribution in [2.45, 2.75) is 44.7 Å². The zero-order chi connectivity index (χ0) is 15.2. The van der Waals surface area contributed by atoms with E-state index in [0.29, 0.717) is 0 Å². The van der Waals surface area contributed by atoms with E-state index in [1.807, 2.05) is 42.2 Å². The van der Waals surface area contributed by atoms with Crippen LogP contribution in [0.1, 0.15) is 44.2 Å². The highest BCUT2D eigenvalue weighted by Crippen LogP contribution is 2.27. The molecule has 21 heavy (non-hydrogen) atoms. The number of benzene rings is 1. The van der Waals surface area contributed by atoms with Crippen molar-refractivity contribution in [1.82, 2.24) is 4.90 Å². The lowest BCUT2D eigenvalue weighted by Crippen LogP contribution is -2.42. The molecule has 0 bridgehead atoms. The Bertz CT molecular complexity index is 449. The highest BCUT2D eigenvalue weighted by atomic mass is 16.3. The molecule has 0 aromatic heterocycles. The van der Waals surface area contributed by atoms with Crippen molar-refractivity contribution in [3.8, 4) is 0 Å². The second kappa shape index (κ2) is 7.57. The monoisotopic (exact) mass is 290 g/mol. The van der Waals surface area contributed by atoms with Crippen molar-refractivity contribution in [2.24, 2.45) is 11.7 Å². The fourth-order valence-corrected chi connectivity index (χ4v) is 3.13. The van der Waals surface area contributed by atoms with E-state index in [-0.39, 0.29) is 30.5 Å². The molecule has 1 aliphatic heterocycles. The predicted molar refractivity (Wildman–Crippen MR) is 83.6 cm³/mol. The third-order valence-corrected chi connectivity index (χ3v) is 4.47. The van der Waals surface area contributed by atoms with Gasteiger partial charge in [-0.2, -0.15) is 0 Å². The first-order chi connectivity index (χ1) is 10.1. The Labute approximate surface area is 126 Å². The molecule has 1 saturated heterocycles. The Morgan fingerprint density at radius 2 is 2.14 bits per heavy atom. The lowest BCUT2D eigenvalue weighted by Gasteiger charge is -2.30. The van der Waals surface area contributed by atoms with Crippen LogP contribution < -0.4 is 5.73 Å². The summed E-state index contributed by atoms with van der Waals surface area (Å²) in [5, 5.41) is 8.97. The van der Waals surface area contributed by atoms with Crippen LogP contribution in [0.5, 0.6) is 0 Å². The van der Waals surface area contributed by atoms with Gasteiger partial charge < -0.3 is 15.7 Å². The van der Waals surface area contributed by atoms with Crippen molar-refractivity contribution in [2.75, 3.05) is 13.2 Å². The summed E-state index contributed by atoms with van der Waals surface area (Å²) < 4.78 is 0. The zero-order valence-corrected chi connectivity index (χ0v) is 12.7. The molecule has 0 saturated carbocycles. The molecule has 4 heteroatoms. The van der Waals surface area contributed by atoms with Crippen molar-refractivity contribution in [3.63, 3.8) is 0 Å². The molecular formula is C17H26N2O2. The standard InChI is InChI=1S/C17H26N2O2/c1-13(16(18)14-7-3-2-4-8-14)17(21)19-11-5-9-15(19)10-6-12-20/h2-4,7-8,13,15-16,20H,5-6,9-12,18H2,1H3. The Hall–Kier alpha value is -1.39. The maximum absolute atomic E-state index is 12.7. The first-order valence-corrected chi connectivity index (χ1v) is 7.87. The van der Waals surface area contributed by atoms with Gasteiger partial charge in [-0.15, -0.1) is 0 Å². The van der Waals surface area contributed by atoms with E-state index in [9.17, 15) is 4.79 Å². The molecular weight excluding hydrogens is 264 g/mol. The summed E-state index contributed by atoms with van der Waals surface area (Å²) in [6, 6.07) is 9.81. The number of carbonyl (C=O) groups is 1. The number of hydrogen-bond acceptors (Lipinski definition) is 3. The van der Waals surface area contributed by atoms with E-state index in [1.165, 1.54) is 0 Å². The molecule has 0 aliphatic carbocycles. The summed E-state index contributed by atoms with van der Waals surface area (Å²) in [6.07, 6.45) is 3.73. The van der Waals surface area contributed by atoms with Crippen molar-refractivity contribution >= 4 is 5.91 Å². The van der Waals surface area contributed by atoms with Gasteiger partial charge in [-0.25, -0.2) is 0 Å². The fourth-order valence-electron chi connectivity index (χ4n) is 3.13. The summed E-state index contributed by atoms with van der Waals surface area (Å²) >= 11 is 0. The number of nitrogens with two attached hydrogens (primary N) is 1. The molecule has 4 nitrogen and oxygen atoms in total. The van der Waals surface area contributed by atoms with Crippen molar-refractivity contribution < 1.29 is 9.90 Å². The van der Waals surface area contributed by atoms with Crippen LogP contribution in [0.2, 0.25) is 0 Å². The van der Waals surface area contributed by atoms with E-state index < -0.39 is 0 Å². The van der Waals surface area contributed by atoms with Gasteiger partial charge in [-0.05, 0) is 31.2 Å². The third kappa shape index (κ3) is 3.83. The summed E-state index contributed by atoms with van der Waals surface area (Å²) in [5.74, 6) is -0.0751. The number of hydrogen-bond donors (Lipinski definition) is 2. The molecule has 3 atom stereocenters. The van der Waals surface area contributed by atoms with Gasteiger partial charge in [0.15, 0.2) is 0 Å². The molecule has 116 valence electrons. The second-order valence-electron chi connectivity index (χ2n) is 5.92. The van der Waals surface area contributed by atoms with Crippen LogP contribution in [-0.2, 0) is 4.79 Å². The minimum absolute atomic E-state index is 0.145. The van der Waals surface area contributed by atoms with Crippen LogP contribution in [0, 0.1) is 5.92 Å². The van der Waals surface area contributed by atoms with Crippen LogP contribution in [0.15, 0.2) is 30.3 Å². The number of amides is 1. The van der Waals surface area contributed by atoms with Gasteiger partial charge in [0, 0.05) is 25.2 Å². The number of aliphatic hydroxyl groups is 1. The Morgan fingerprint density at radius 3 is 2.81 bits per heavy atom. The largest absolute Gasteiger partial charge is 0.396 e. The highest BCUT2D eigenvalue weighted by Gasteiger charge is 2.33. The van der Waals surface area contributed by atoms with Crippen LogP contribution >= 0.6 is 0 Å². The lowest BCUT2D eigenvalue weighted by atomic mass is 9.93. The number of carbonyl (C=O) groups excluding carboxylic acids is 1. The Balaban J connectivity index is 2.01. The fraction of sp³-hybridized carbons (Fsp3) is 0.588. The average molecular weight is 290 g/mol. The van der Waals surface area contributed by atoms with Crippen LogP contribution in [0.4, 0.5) is 0 Å². The molecule has 0 radical (unpaired) electrons. The quantitative estimate of drug-likeness (QED) is 0.843. The first-order valence-electron chi connectivity index (χ1n) is 7.87. The topological polar surface area (TPSA) is 66.6 Å².